The van der Waals surface area contributed by atoms with E-state index in [-0.39, 0.29) is 12.5 Å². The number of nitrogens with zero attached hydrogens (tertiary/aromatic N) is 2. The van der Waals surface area contributed by atoms with Crippen LogP contribution in [-0.4, -0.2) is 23.8 Å². The predicted molar refractivity (Wildman–Crippen MR) is 80.7 cm³/mol. The van der Waals surface area contributed by atoms with Crippen molar-refractivity contribution in [2.75, 3.05) is 6.79 Å². The molecular formula is C15H11N3O5. The number of fused-ring (bicyclic) bond motifs is 1. The summed E-state index contributed by atoms with van der Waals surface area (Å²) in [6.45, 7) is 0.130. The molecule has 0 atom stereocenters. The maximum absolute atomic E-state index is 12.0. The van der Waals surface area contributed by atoms with E-state index in [4.69, 9.17) is 9.47 Å². The number of rotatable bonds is 4. The zero-order chi connectivity index (χ0) is 16.2. The van der Waals surface area contributed by atoms with E-state index in [0.29, 0.717) is 22.6 Å². The maximum atomic E-state index is 12.0. The van der Waals surface area contributed by atoms with Gasteiger partial charge < -0.3 is 9.47 Å². The molecule has 0 unspecified atom stereocenters. The van der Waals surface area contributed by atoms with Gasteiger partial charge in [-0.15, -0.1) is 0 Å². The number of carbonyl (C=O) groups is 1. The third-order valence-electron chi connectivity index (χ3n) is 3.10. The molecule has 1 N–H and O–H groups in total. The van der Waals surface area contributed by atoms with Crippen LogP contribution in [0.5, 0.6) is 11.5 Å². The van der Waals surface area contributed by atoms with Gasteiger partial charge in [0.1, 0.15) is 0 Å². The van der Waals surface area contributed by atoms with Gasteiger partial charge in [0.2, 0.25) is 6.79 Å². The van der Waals surface area contributed by atoms with Crippen LogP contribution in [0.2, 0.25) is 0 Å². The Morgan fingerprint density at radius 2 is 2.04 bits per heavy atom. The van der Waals surface area contributed by atoms with Gasteiger partial charge in [0.05, 0.1) is 11.1 Å². The summed E-state index contributed by atoms with van der Waals surface area (Å²) in [4.78, 5) is 22.2. The summed E-state index contributed by atoms with van der Waals surface area (Å²) in [6, 6.07) is 10.7. The number of nitro benzene ring substituents is 1. The lowest BCUT2D eigenvalue weighted by Crippen LogP contribution is -2.17. The topological polar surface area (TPSA) is 103 Å². The van der Waals surface area contributed by atoms with Crippen molar-refractivity contribution in [3.05, 3.63) is 63.7 Å². The molecule has 3 rings (SSSR count). The summed E-state index contributed by atoms with van der Waals surface area (Å²) in [6.07, 6.45) is 1.33. The Morgan fingerprint density at radius 3 is 2.87 bits per heavy atom. The molecule has 0 spiro atoms. The Bertz CT molecular complexity index is 803. The van der Waals surface area contributed by atoms with Crippen LogP contribution in [0.3, 0.4) is 0 Å². The summed E-state index contributed by atoms with van der Waals surface area (Å²) >= 11 is 0. The van der Waals surface area contributed by atoms with Crippen LogP contribution in [0.25, 0.3) is 0 Å². The Kier molecular flexibility index (Phi) is 3.88. The Balaban J connectivity index is 1.67. The number of nitrogens with one attached hydrogen (secondary N) is 1. The molecule has 0 aliphatic carbocycles. The quantitative estimate of drug-likeness (QED) is 0.529. The zero-order valence-electron chi connectivity index (χ0n) is 11.8. The van der Waals surface area contributed by atoms with Gasteiger partial charge >= 0.3 is 0 Å². The highest BCUT2D eigenvalue weighted by Crippen LogP contribution is 2.32. The fourth-order valence-electron chi connectivity index (χ4n) is 1.99. The average Bonchev–Trinajstić information content (AvgIpc) is 3.02. The molecule has 2 aromatic carbocycles. The Morgan fingerprint density at radius 1 is 1.22 bits per heavy atom. The van der Waals surface area contributed by atoms with Gasteiger partial charge in [0.15, 0.2) is 11.5 Å². The third-order valence-corrected chi connectivity index (χ3v) is 3.10. The minimum absolute atomic E-state index is 0.0453. The highest BCUT2D eigenvalue weighted by molar-refractivity contribution is 5.95. The second-order valence-corrected chi connectivity index (χ2v) is 4.62. The number of ether oxygens (including phenoxy) is 2. The number of hydrogen-bond acceptors (Lipinski definition) is 6. The van der Waals surface area contributed by atoms with Crippen LogP contribution < -0.4 is 14.9 Å². The van der Waals surface area contributed by atoms with Crippen LogP contribution in [0.4, 0.5) is 5.69 Å². The van der Waals surface area contributed by atoms with Crippen molar-refractivity contribution in [2.45, 2.75) is 0 Å². The van der Waals surface area contributed by atoms with Gasteiger partial charge in [-0.1, -0.05) is 12.1 Å². The minimum atomic E-state index is -0.497. The van der Waals surface area contributed by atoms with E-state index >= 15 is 0 Å². The van der Waals surface area contributed by atoms with Crippen molar-refractivity contribution in [1.82, 2.24) is 5.43 Å². The molecule has 1 amide bonds. The van der Waals surface area contributed by atoms with E-state index in [0.717, 1.165) is 0 Å². The molecule has 0 fully saturated rings. The highest BCUT2D eigenvalue weighted by Gasteiger charge is 2.15. The van der Waals surface area contributed by atoms with Crippen molar-refractivity contribution in [3.63, 3.8) is 0 Å². The van der Waals surface area contributed by atoms with E-state index in [1.54, 1.807) is 30.3 Å². The number of nitro groups is 1. The second-order valence-electron chi connectivity index (χ2n) is 4.62. The van der Waals surface area contributed by atoms with Crippen LogP contribution in [-0.2, 0) is 0 Å². The molecule has 0 aromatic heterocycles. The minimum Gasteiger partial charge on any atom is -0.454 e. The number of hydrazone groups is 1. The fraction of sp³-hybridized carbons (Fsp3) is 0.0667. The number of non-ortho nitro benzene ring substituents is 1. The van der Waals surface area contributed by atoms with Crippen molar-refractivity contribution < 1.29 is 19.2 Å². The maximum Gasteiger partial charge on any atom is 0.271 e. The largest absolute Gasteiger partial charge is 0.454 e. The smallest absolute Gasteiger partial charge is 0.271 e. The Hall–Kier alpha value is -3.42. The predicted octanol–water partition coefficient (Wildman–Crippen LogP) is 2.09. The SMILES string of the molecule is O=C(NN=Cc1cccc([N+](=O)[O-])c1)c1ccc2c(c1)OCO2. The standard InChI is InChI=1S/C15H11N3O5/c19-15(11-4-5-13-14(7-11)23-9-22-13)17-16-8-10-2-1-3-12(6-10)18(20)21/h1-8H,9H2,(H,17,19). The van der Waals surface area contributed by atoms with Crippen molar-refractivity contribution in [3.8, 4) is 11.5 Å². The average molecular weight is 313 g/mol. The number of carbonyl (C=O) groups excluding carboxylic acids is 1. The molecule has 0 saturated heterocycles. The molecule has 8 nitrogen and oxygen atoms in total. The first-order valence-corrected chi connectivity index (χ1v) is 6.61. The van der Waals surface area contributed by atoms with Gasteiger partial charge in [0.25, 0.3) is 11.6 Å². The fourth-order valence-corrected chi connectivity index (χ4v) is 1.99. The summed E-state index contributed by atoms with van der Waals surface area (Å²) in [7, 11) is 0. The summed E-state index contributed by atoms with van der Waals surface area (Å²) < 4.78 is 10.4. The van der Waals surface area contributed by atoms with Gasteiger partial charge in [-0.25, -0.2) is 5.43 Å². The molecule has 8 heteroatoms. The van der Waals surface area contributed by atoms with Crippen LogP contribution in [0, 0.1) is 10.1 Å². The van der Waals surface area contributed by atoms with Crippen LogP contribution in [0.1, 0.15) is 15.9 Å². The van der Waals surface area contributed by atoms with E-state index < -0.39 is 10.8 Å². The number of amides is 1. The van der Waals surface area contributed by atoms with Crippen LogP contribution in [0.15, 0.2) is 47.6 Å². The molecule has 1 heterocycles. The van der Waals surface area contributed by atoms with Gasteiger partial charge in [-0.2, -0.15) is 5.10 Å². The molecule has 116 valence electrons. The first-order chi connectivity index (χ1) is 11.1. The van der Waals surface area contributed by atoms with Crippen molar-refractivity contribution >= 4 is 17.8 Å². The van der Waals surface area contributed by atoms with E-state index in [1.807, 2.05) is 0 Å². The monoisotopic (exact) mass is 313 g/mol. The molecule has 2 aromatic rings. The second kappa shape index (κ2) is 6.14. The molecule has 1 aliphatic heterocycles. The molecule has 0 radical (unpaired) electrons. The first kappa shape index (κ1) is 14.5. The van der Waals surface area contributed by atoms with Crippen LogP contribution >= 0.6 is 0 Å². The summed E-state index contributed by atoms with van der Waals surface area (Å²) in [5.74, 6) is 0.659. The summed E-state index contributed by atoms with van der Waals surface area (Å²) in [5.41, 5.74) is 3.18. The highest BCUT2D eigenvalue weighted by atomic mass is 16.7. The molecule has 1 aliphatic rings. The van der Waals surface area contributed by atoms with Gasteiger partial charge in [-0.3, -0.25) is 14.9 Å². The zero-order valence-corrected chi connectivity index (χ0v) is 11.8. The van der Waals surface area contributed by atoms with E-state index in [1.165, 1.54) is 18.3 Å². The lowest BCUT2D eigenvalue weighted by molar-refractivity contribution is -0.384. The summed E-state index contributed by atoms with van der Waals surface area (Å²) in [5, 5.41) is 14.5. The van der Waals surface area contributed by atoms with E-state index in [2.05, 4.69) is 10.5 Å². The van der Waals surface area contributed by atoms with Crippen molar-refractivity contribution in [1.29, 1.82) is 0 Å². The lowest BCUT2D eigenvalue weighted by atomic mass is 10.2. The molecule has 23 heavy (non-hydrogen) atoms. The van der Waals surface area contributed by atoms with Crippen molar-refractivity contribution in [2.24, 2.45) is 5.10 Å². The normalized spacial score (nSPS) is 12.3. The molecule has 0 saturated carbocycles. The third kappa shape index (κ3) is 3.26. The first-order valence-electron chi connectivity index (χ1n) is 6.61. The van der Waals surface area contributed by atoms with Gasteiger partial charge in [-0.05, 0) is 18.2 Å². The van der Waals surface area contributed by atoms with Gasteiger partial charge in [0, 0.05) is 23.3 Å². The lowest BCUT2D eigenvalue weighted by Gasteiger charge is -2.01. The van der Waals surface area contributed by atoms with E-state index in [9.17, 15) is 14.9 Å². The number of hydrogen-bond donors (Lipinski definition) is 1. The molecule has 0 bridgehead atoms. The number of benzene rings is 2. The Labute approximate surface area is 130 Å². The molecular weight excluding hydrogens is 302 g/mol.